The maximum absolute atomic E-state index is 4.81. The number of nitrogens with zero attached hydrogens (tertiary/aromatic N) is 1. The normalized spacial score (nSPS) is 12.7. The quantitative estimate of drug-likeness (QED) is 0.638. The van der Waals surface area contributed by atoms with E-state index >= 15 is 0 Å². The standard InChI is InChI=1S/C12H12INO/c1-9(13)6-10-2-4-11(5-3-10)12-7-14-15-8-12/h2-5,7-9H,6H2,1H3. The van der Waals surface area contributed by atoms with E-state index in [1.54, 1.807) is 12.5 Å². The summed E-state index contributed by atoms with van der Waals surface area (Å²) in [4.78, 5) is 0. The molecule has 0 saturated heterocycles. The zero-order chi connectivity index (χ0) is 10.7. The number of aromatic nitrogens is 1. The summed E-state index contributed by atoms with van der Waals surface area (Å²) in [6.45, 7) is 2.22. The minimum Gasteiger partial charge on any atom is -0.364 e. The van der Waals surface area contributed by atoms with Gasteiger partial charge in [-0.1, -0.05) is 58.9 Å². The fourth-order valence-corrected chi connectivity index (χ4v) is 2.01. The van der Waals surface area contributed by atoms with Gasteiger partial charge in [0, 0.05) is 9.49 Å². The monoisotopic (exact) mass is 313 g/mol. The molecule has 0 aliphatic carbocycles. The molecule has 2 rings (SSSR count). The second kappa shape index (κ2) is 4.79. The molecule has 0 N–H and O–H groups in total. The number of benzene rings is 1. The fourth-order valence-electron chi connectivity index (χ4n) is 1.51. The van der Waals surface area contributed by atoms with Gasteiger partial charge >= 0.3 is 0 Å². The van der Waals surface area contributed by atoms with Crippen LogP contribution in [0, 0.1) is 0 Å². The van der Waals surface area contributed by atoms with Crippen LogP contribution in [-0.4, -0.2) is 9.08 Å². The Kier molecular flexibility index (Phi) is 3.41. The largest absolute Gasteiger partial charge is 0.364 e. The SMILES string of the molecule is CC(I)Cc1ccc(-c2cnoc2)cc1. The van der Waals surface area contributed by atoms with Crippen LogP contribution in [0.15, 0.2) is 41.2 Å². The lowest BCUT2D eigenvalue weighted by Crippen LogP contribution is -1.95. The van der Waals surface area contributed by atoms with Crippen molar-refractivity contribution in [2.45, 2.75) is 17.3 Å². The van der Waals surface area contributed by atoms with Gasteiger partial charge in [-0.05, 0) is 17.5 Å². The average molecular weight is 313 g/mol. The molecule has 2 aromatic rings. The first kappa shape index (κ1) is 10.7. The highest BCUT2D eigenvalue weighted by Crippen LogP contribution is 2.20. The van der Waals surface area contributed by atoms with Crippen LogP contribution < -0.4 is 0 Å². The summed E-state index contributed by atoms with van der Waals surface area (Å²) in [6.07, 6.45) is 4.51. The van der Waals surface area contributed by atoms with E-state index in [1.165, 1.54) is 5.56 Å². The third-order valence-electron chi connectivity index (χ3n) is 2.24. The summed E-state index contributed by atoms with van der Waals surface area (Å²) >= 11 is 2.44. The summed E-state index contributed by atoms with van der Waals surface area (Å²) in [7, 11) is 0. The Hall–Kier alpha value is -0.840. The van der Waals surface area contributed by atoms with Crippen molar-refractivity contribution in [2.75, 3.05) is 0 Å². The molecule has 0 bridgehead atoms. The Balaban J connectivity index is 2.17. The number of rotatable bonds is 3. The summed E-state index contributed by atoms with van der Waals surface area (Å²) in [5, 5.41) is 3.69. The zero-order valence-electron chi connectivity index (χ0n) is 8.48. The molecule has 0 radical (unpaired) electrons. The van der Waals surface area contributed by atoms with Crippen molar-refractivity contribution in [3.63, 3.8) is 0 Å². The molecule has 1 aromatic heterocycles. The first-order valence-electron chi connectivity index (χ1n) is 4.88. The lowest BCUT2D eigenvalue weighted by atomic mass is 10.1. The smallest absolute Gasteiger partial charge is 0.131 e. The maximum Gasteiger partial charge on any atom is 0.131 e. The molecule has 15 heavy (non-hydrogen) atoms. The molecule has 2 nitrogen and oxygen atoms in total. The molecule has 1 atom stereocenters. The molecular weight excluding hydrogens is 301 g/mol. The van der Waals surface area contributed by atoms with Crippen LogP contribution in [0.3, 0.4) is 0 Å². The van der Waals surface area contributed by atoms with Crippen molar-refractivity contribution in [3.8, 4) is 11.1 Å². The number of hydrogen-bond acceptors (Lipinski definition) is 2. The first-order valence-corrected chi connectivity index (χ1v) is 6.13. The first-order chi connectivity index (χ1) is 7.25. The molecule has 0 spiro atoms. The van der Waals surface area contributed by atoms with Crippen LogP contribution >= 0.6 is 22.6 Å². The van der Waals surface area contributed by atoms with E-state index in [4.69, 9.17) is 4.52 Å². The molecule has 0 aliphatic rings. The van der Waals surface area contributed by atoms with Gasteiger partial charge < -0.3 is 4.52 Å². The number of alkyl halides is 1. The predicted octanol–water partition coefficient (Wildman–Crippen LogP) is 3.71. The van der Waals surface area contributed by atoms with Crippen LogP contribution in [0.2, 0.25) is 0 Å². The number of halogens is 1. The minimum atomic E-state index is 0.670. The molecule has 0 amide bonds. The third kappa shape index (κ3) is 2.81. The van der Waals surface area contributed by atoms with Crippen molar-refractivity contribution in [1.82, 2.24) is 5.16 Å². The molecule has 1 unspecified atom stereocenters. The highest BCUT2D eigenvalue weighted by atomic mass is 127. The summed E-state index contributed by atoms with van der Waals surface area (Å²) in [5.41, 5.74) is 3.56. The van der Waals surface area contributed by atoms with E-state index in [2.05, 4.69) is 58.9 Å². The Morgan fingerprint density at radius 1 is 1.27 bits per heavy atom. The van der Waals surface area contributed by atoms with E-state index in [1.807, 2.05) is 0 Å². The molecule has 1 heterocycles. The molecule has 3 heteroatoms. The minimum absolute atomic E-state index is 0.670. The van der Waals surface area contributed by atoms with Gasteiger partial charge in [0.25, 0.3) is 0 Å². The molecule has 1 aromatic carbocycles. The van der Waals surface area contributed by atoms with E-state index in [0.717, 1.165) is 17.5 Å². The topological polar surface area (TPSA) is 26.0 Å². The van der Waals surface area contributed by atoms with E-state index in [0.29, 0.717) is 3.92 Å². The highest BCUT2D eigenvalue weighted by molar-refractivity contribution is 14.1. The second-order valence-corrected chi connectivity index (χ2v) is 5.72. The van der Waals surface area contributed by atoms with Crippen molar-refractivity contribution in [3.05, 3.63) is 42.3 Å². The van der Waals surface area contributed by atoms with Crippen molar-refractivity contribution >= 4 is 22.6 Å². The van der Waals surface area contributed by atoms with Crippen LogP contribution in [0.4, 0.5) is 0 Å². The lowest BCUT2D eigenvalue weighted by Gasteiger charge is -2.04. The van der Waals surface area contributed by atoms with Gasteiger partial charge in [0.2, 0.25) is 0 Å². The van der Waals surface area contributed by atoms with Gasteiger partial charge in [-0.25, -0.2) is 0 Å². The zero-order valence-corrected chi connectivity index (χ0v) is 10.6. The van der Waals surface area contributed by atoms with Gasteiger partial charge in [0.1, 0.15) is 6.26 Å². The molecule has 0 saturated carbocycles. The molecule has 0 fully saturated rings. The third-order valence-corrected chi connectivity index (χ3v) is 2.68. The highest BCUT2D eigenvalue weighted by Gasteiger charge is 2.02. The van der Waals surface area contributed by atoms with Crippen molar-refractivity contribution in [2.24, 2.45) is 0 Å². The van der Waals surface area contributed by atoms with Gasteiger partial charge in [-0.15, -0.1) is 0 Å². The molecular formula is C12H12INO. The van der Waals surface area contributed by atoms with E-state index < -0.39 is 0 Å². The predicted molar refractivity (Wildman–Crippen MR) is 69.1 cm³/mol. The van der Waals surface area contributed by atoms with Crippen LogP contribution in [0.5, 0.6) is 0 Å². The summed E-state index contributed by atoms with van der Waals surface area (Å²) in [6, 6.07) is 8.55. The Bertz CT molecular complexity index is 406. The summed E-state index contributed by atoms with van der Waals surface area (Å²) in [5.74, 6) is 0. The van der Waals surface area contributed by atoms with Gasteiger partial charge in [0.15, 0.2) is 0 Å². The molecule has 78 valence electrons. The Morgan fingerprint density at radius 2 is 2.00 bits per heavy atom. The van der Waals surface area contributed by atoms with Gasteiger partial charge in [0.05, 0.1) is 6.20 Å². The van der Waals surface area contributed by atoms with E-state index in [-0.39, 0.29) is 0 Å². The number of hydrogen-bond donors (Lipinski definition) is 0. The maximum atomic E-state index is 4.81. The van der Waals surface area contributed by atoms with Crippen LogP contribution in [0.1, 0.15) is 12.5 Å². The second-order valence-electron chi connectivity index (χ2n) is 3.59. The lowest BCUT2D eigenvalue weighted by molar-refractivity contribution is 0.420. The van der Waals surface area contributed by atoms with Gasteiger partial charge in [-0.2, -0.15) is 0 Å². The van der Waals surface area contributed by atoms with E-state index in [9.17, 15) is 0 Å². The Morgan fingerprint density at radius 3 is 2.53 bits per heavy atom. The van der Waals surface area contributed by atoms with Crippen molar-refractivity contribution in [1.29, 1.82) is 0 Å². The van der Waals surface area contributed by atoms with Gasteiger partial charge in [-0.3, -0.25) is 0 Å². The fraction of sp³-hybridized carbons (Fsp3) is 0.250. The average Bonchev–Trinajstić information content (AvgIpc) is 2.71. The van der Waals surface area contributed by atoms with Crippen LogP contribution in [0.25, 0.3) is 11.1 Å². The molecule has 0 aliphatic heterocycles. The van der Waals surface area contributed by atoms with Crippen molar-refractivity contribution < 1.29 is 4.52 Å². The summed E-state index contributed by atoms with van der Waals surface area (Å²) < 4.78 is 5.48. The van der Waals surface area contributed by atoms with Crippen LogP contribution in [-0.2, 0) is 6.42 Å². The Labute approximate surface area is 103 Å².